The number of rotatable bonds is 5. The maximum Gasteiger partial charge on any atom is 0.161 e. The van der Waals surface area contributed by atoms with Gasteiger partial charge in [-0.05, 0) is 44.9 Å². The number of hydrogen-bond donors (Lipinski definition) is 2. The van der Waals surface area contributed by atoms with Gasteiger partial charge in [-0.1, -0.05) is 12.1 Å². The average Bonchev–Trinajstić information content (AvgIpc) is 3.05. The highest BCUT2D eigenvalue weighted by molar-refractivity contribution is 5.46. The van der Waals surface area contributed by atoms with Crippen LogP contribution in [0.5, 0.6) is 11.5 Å². The van der Waals surface area contributed by atoms with Gasteiger partial charge in [0.25, 0.3) is 0 Å². The molecule has 0 heterocycles. The number of likely N-dealkylation sites (N-methyl/N-ethyl adjacent to an activating group) is 1. The normalized spacial score (nSPS) is 17.1. The molecule has 2 N–H and O–H groups in total. The van der Waals surface area contributed by atoms with Crippen LogP contribution in [0.3, 0.4) is 0 Å². The molecule has 0 unspecified atom stereocenters. The Labute approximate surface area is 96.4 Å². The topological polar surface area (TPSA) is 41.5 Å². The molecule has 88 valence electrons. The molecule has 0 aromatic heterocycles. The van der Waals surface area contributed by atoms with Crippen LogP contribution in [0.4, 0.5) is 0 Å². The van der Waals surface area contributed by atoms with Crippen LogP contribution in [-0.4, -0.2) is 24.3 Å². The zero-order valence-corrected chi connectivity index (χ0v) is 9.92. The van der Waals surface area contributed by atoms with Gasteiger partial charge in [0.15, 0.2) is 11.5 Å². The fourth-order valence-electron chi connectivity index (χ4n) is 2.01. The fraction of sp³-hybridized carbons (Fsp3) is 0.538. The van der Waals surface area contributed by atoms with E-state index < -0.39 is 0 Å². The summed E-state index contributed by atoms with van der Waals surface area (Å²) in [5.41, 5.74) is 1.18. The van der Waals surface area contributed by atoms with Gasteiger partial charge in [-0.3, -0.25) is 0 Å². The zero-order chi connectivity index (χ0) is 11.6. The van der Waals surface area contributed by atoms with E-state index in [-0.39, 0.29) is 5.54 Å². The van der Waals surface area contributed by atoms with E-state index in [9.17, 15) is 5.11 Å². The first kappa shape index (κ1) is 11.3. The first-order valence-corrected chi connectivity index (χ1v) is 5.83. The van der Waals surface area contributed by atoms with Crippen LogP contribution in [0.2, 0.25) is 0 Å². The number of para-hydroxylation sites is 1. The molecular formula is C13H19NO2. The lowest BCUT2D eigenvalue weighted by molar-refractivity contribution is 0.316. The molecule has 2 rings (SSSR count). The van der Waals surface area contributed by atoms with Gasteiger partial charge in [0.1, 0.15) is 0 Å². The summed E-state index contributed by atoms with van der Waals surface area (Å²) < 4.78 is 5.38. The van der Waals surface area contributed by atoms with Gasteiger partial charge < -0.3 is 15.2 Å². The van der Waals surface area contributed by atoms with Crippen LogP contribution in [-0.2, 0) is 6.42 Å². The highest BCUT2D eigenvalue weighted by Crippen LogP contribution is 2.41. The molecule has 1 saturated carbocycles. The van der Waals surface area contributed by atoms with E-state index in [0.29, 0.717) is 18.1 Å². The van der Waals surface area contributed by atoms with Crippen molar-refractivity contribution in [3.05, 3.63) is 23.8 Å². The minimum Gasteiger partial charge on any atom is -0.504 e. The number of hydrogen-bond acceptors (Lipinski definition) is 3. The monoisotopic (exact) mass is 221 g/mol. The van der Waals surface area contributed by atoms with Crippen molar-refractivity contribution in [3.63, 3.8) is 0 Å². The van der Waals surface area contributed by atoms with Crippen molar-refractivity contribution in [2.45, 2.75) is 31.7 Å². The van der Waals surface area contributed by atoms with Gasteiger partial charge in [0.2, 0.25) is 0 Å². The first-order valence-electron chi connectivity index (χ1n) is 5.83. The van der Waals surface area contributed by atoms with Crippen molar-refractivity contribution >= 4 is 0 Å². The summed E-state index contributed by atoms with van der Waals surface area (Å²) in [6, 6.07) is 5.71. The molecule has 16 heavy (non-hydrogen) atoms. The van der Waals surface area contributed by atoms with Crippen LogP contribution >= 0.6 is 0 Å². The minimum absolute atomic E-state index is 0.211. The van der Waals surface area contributed by atoms with E-state index in [1.54, 1.807) is 6.07 Å². The quantitative estimate of drug-likeness (QED) is 0.800. The summed E-state index contributed by atoms with van der Waals surface area (Å²) in [4.78, 5) is 0. The summed E-state index contributed by atoms with van der Waals surface area (Å²) in [7, 11) is 1.98. The zero-order valence-electron chi connectivity index (χ0n) is 9.92. The third kappa shape index (κ3) is 2.14. The number of phenolic OH excluding ortho intramolecular Hbond substituents is 1. The highest BCUT2D eigenvalue weighted by atomic mass is 16.5. The number of nitrogens with one attached hydrogen (secondary N) is 1. The third-order valence-electron chi connectivity index (χ3n) is 3.30. The second-order valence-corrected chi connectivity index (χ2v) is 4.40. The second-order valence-electron chi connectivity index (χ2n) is 4.40. The van der Waals surface area contributed by atoms with Crippen LogP contribution in [0.25, 0.3) is 0 Å². The van der Waals surface area contributed by atoms with E-state index in [1.165, 1.54) is 12.8 Å². The Balaban J connectivity index is 2.17. The Morgan fingerprint density at radius 1 is 1.44 bits per heavy atom. The Kier molecular flexibility index (Phi) is 3.06. The molecule has 0 amide bonds. The Morgan fingerprint density at radius 2 is 2.19 bits per heavy atom. The van der Waals surface area contributed by atoms with Gasteiger partial charge in [-0.15, -0.1) is 0 Å². The molecule has 0 spiro atoms. The Hall–Kier alpha value is -1.22. The highest BCUT2D eigenvalue weighted by Gasteiger charge is 2.41. The largest absolute Gasteiger partial charge is 0.504 e. The first-order chi connectivity index (χ1) is 7.71. The number of ether oxygens (including phenoxy) is 1. The predicted molar refractivity (Wildman–Crippen MR) is 64.0 cm³/mol. The lowest BCUT2D eigenvalue weighted by atomic mass is 10.0. The van der Waals surface area contributed by atoms with Crippen molar-refractivity contribution in [1.29, 1.82) is 0 Å². The van der Waals surface area contributed by atoms with Gasteiger partial charge in [-0.25, -0.2) is 0 Å². The van der Waals surface area contributed by atoms with Crippen molar-refractivity contribution in [1.82, 2.24) is 5.32 Å². The van der Waals surface area contributed by atoms with Crippen LogP contribution in [0, 0.1) is 0 Å². The smallest absolute Gasteiger partial charge is 0.161 e. The second kappa shape index (κ2) is 4.34. The third-order valence-corrected chi connectivity index (χ3v) is 3.30. The lowest BCUT2D eigenvalue weighted by Crippen LogP contribution is -2.29. The summed E-state index contributed by atoms with van der Waals surface area (Å²) in [5.74, 6) is 0.887. The summed E-state index contributed by atoms with van der Waals surface area (Å²) in [6.45, 7) is 2.50. The van der Waals surface area contributed by atoms with Gasteiger partial charge in [0.05, 0.1) is 6.61 Å². The van der Waals surface area contributed by atoms with Crippen LogP contribution < -0.4 is 10.1 Å². The molecule has 1 aliphatic rings. The van der Waals surface area contributed by atoms with Gasteiger partial charge in [0, 0.05) is 5.54 Å². The Morgan fingerprint density at radius 3 is 2.75 bits per heavy atom. The molecule has 3 nitrogen and oxygen atoms in total. The molecule has 3 heteroatoms. The van der Waals surface area contributed by atoms with E-state index >= 15 is 0 Å². The SMILES string of the molecule is CCOc1cccc(CC2(NC)CC2)c1O. The molecule has 1 aliphatic carbocycles. The minimum atomic E-state index is 0.211. The van der Waals surface area contributed by atoms with Crippen molar-refractivity contribution in [2.24, 2.45) is 0 Å². The van der Waals surface area contributed by atoms with E-state index in [1.807, 2.05) is 26.1 Å². The van der Waals surface area contributed by atoms with Crippen LogP contribution in [0.15, 0.2) is 18.2 Å². The van der Waals surface area contributed by atoms with E-state index in [2.05, 4.69) is 5.32 Å². The summed E-state index contributed by atoms with van der Waals surface area (Å²) in [6.07, 6.45) is 3.24. The molecule has 1 fully saturated rings. The number of benzene rings is 1. The average molecular weight is 221 g/mol. The number of aromatic hydroxyl groups is 1. The maximum atomic E-state index is 10.1. The standard InChI is InChI=1S/C13H19NO2/c1-3-16-11-6-4-5-10(12(11)15)9-13(14-2)7-8-13/h4-6,14-15H,3,7-9H2,1-2H3. The van der Waals surface area contributed by atoms with Crippen molar-refractivity contribution in [3.8, 4) is 11.5 Å². The molecule has 0 radical (unpaired) electrons. The van der Waals surface area contributed by atoms with E-state index in [0.717, 1.165) is 12.0 Å². The molecule has 1 aromatic rings. The fourth-order valence-corrected chi connectivity index (χ4v) is 2.01. The summed E-state index contributed by atoms with van der Waals surface area (Å²) in [5, 5.41) is 13.4. The van der Waals surface area contributed by atoms with Crippen LogP contribution in [0.1, 0.15) is 25.3 Å². The number of phenols is 1. The van der Waals surface area contributed by atoms with Crippen molar-refractivity contribution < 1.29 is 9.84 Å². The molecule has 0 bridgehead atoms. The van der Waals surface area contributed by atoms with Crippen molar-refractivity contribution in [2.75, 3.05) is 13.7 Å². The molecular weight excluding hydrogens is 202 g/mol. The van der Waals surface area contributed by atoms with E-state index in [4.69, 9.17) is 4.74 Å². The Bertz CT molecular complexity index is 372. The lowest BCUT2D eigenvalue weighted by Gasteiger charge is -2.16. The van der Waals surface area contributed by atoms with Gasteiger partial charge >= 0.3 is 0 Å². The molecule has 0 aliphatic heterocycles. The predicted octanol–water partition coefficient (Wildman–Crippen LogP) is 2.09. The maximum absolute atomic E-state index is 10.1. The molecule has 0 saturated heterocycles. The molecule has 1 aromatic carbocycles. The summed E-state index contributed by atoms with van der Waals surface area (Å²) >= 11 is 0. The van der Waals surface area contributed by atoms with Gasteiger partial charge in [-0.2, -0.15) is 0 Å². The molecule has 0 atom stereocenters.